The van der Waals surface area contributed by atoms with E-state index in [0.29, 0.717) is 10.8 Å². The normalized spacial score (nSPS) is 9.95. The van der Waals surface area contributed by atoms with Crippen molar-refractivity contribution in [3.8, 4) is 5.75 Å². The van der Waals surface area contributed by atoms with E-state index in [4.69, 9.17) is 27.9 Å². The smallest absolute Gasteiger partial charge is 0.273 e. The third-order valence-corrected chi connectivity index (χ3v) is 3.38. The summed E-state index contributed by atoms with van der Waals surface area (Å²) >= 11 is 11.8. The summed E-state index contributed by atoms with van der Waals surface area (Å²) in [6.45, 7) is 0. The number of methoxy groups -OCH3 is 1. The Morgan fingerprint density at radius 3 is 2.23 bits per heavy atom. The Labute approximate surface area is 137 Å². The molecule has 2 amide bonds. The number of carbonyl (C=O) groups is 2. The standard InChI is InChI=1S/C15H12Cl2N2O3/c1-22-13-7-6-9(16)8-11(13)15(21)19-18-14(20)10-4-2-3-5-12(10)17/h2-8H,1H3,(H,18,20)(H,19,21). The van der Waals surface area contributed by atoms with Crippen LogP contribution in [0.3, 0.4) is 0 Å². The number of hydrogen-bond acceptors (Lipinski definition) is 3. The number of hydrogen-bond donors (Lipinski definition) is 2. The van der Waals surface area contributed by atoms with Crippen LogP contribution in [-0.2, 0) is 0 Å². The minimum absolute atomic E-state index is 0.203. The molecule has 2 N–H and O–H groups in total. The maximum atomic E-state index is 12.1. The highest BCUT2D eigenvalue weighted by atomic mass is 35.5. The van der Waals surface area contributed by atoms with Gasteiger partial charge in [-0.05, 0) is 30.3 Å². The Kier molecular flexibility index (Phi) is 5.25. The van der Waals surface area contributed by atoms with Gasteiger partial charge in [-0.25, -0.2) is 0 Å². The van der Waals surface area contributed by atoms with E-state index in [-0.39, 0.29) is 16.1 Å². The highest BCUT2D eigenvalue weighted by Gasteiger charge is 2.15. The Morgan fingerprint density at radius 1 is 0.955 bits per heavy atom. The summed E-state index contributed by atoms with van der Waals surface area (Å²) in [5.41, 5.74) is 5.03. The van der Waals surface area contributed by atoms with Gasteiger partial charge in [0, 0.05) is 5.02 Å². The monoisotopic (exact) mass is 338 g/mol. The lowest BCUT2D eigenvalue weighted by Gasteiger charge is -2.11. The maximum absolute atomic E-state index is 12.1. The summed E-state index contributed by atoms with van der Waals surface area (Å²) in [5.74, 6) is -0.742. The molecule has 0 bridgehead atoms. The van der Waals surface area contributed by atoms with Crippen LogP contribution < -0.4 is 15.6 Å². The quantitative estimate of drug-likeness (QED) is 0.845. The Bertz CT molecular complexity index is 720. The predicted octanol–water partition coefficient (Wildman–Crippen LogP) is 3.08. The first-order valence-corrected chi connectivity index (χ1v) is 6.97. The van der Waals surface area contributed by atoms with Crippen LogP contribution in [0, 0.1) is 0 Å². The first-order chi connectivity index (χ1) is 10.5. The fourth-order valence-electron chi connectivity index (χ4n) is 1.75. The van der Waals surface area contributed by atoms with Gasteiger partial charge in [0.15, 0.2) is 0 Å². The van der Waals surface area contributed by atoms with Crippen LogP contribution in [-0.4, -0.2) is 18.9 Å². The van der Waals surface area contributed by atoms with E-state index < -0.39 is 11.8 Å². The topological polar surface area (TPSA) is 67.4 Å². The average Bonchev–Trinajstić information content (AvgIpc) is 2.52. The molecule has 0 saturated carbocycles. The number of nitrogens with one attached hydrogen (secondary N) is 2. The van der Waals surface area contributed by atoms with Crippen LogP contribution in [0.2, 0.25) is 10.0 Å². The van der Waals surface area contributed by atoms with Gasteiger partial charge in [-0.15, -0.1) is 0 Å². The number of halogens is 2. The highest BCUT2D eigenvalue weighted by Crippen LogP contribution is 2.22. The third kappa shape index (κ3) is 3.69. The van der Waals surface area contributed by atoms with Gasteiger partial charge in [-0.3, -0.25) is 20.4 Å². The van der Waals surface area contributed by atoms with Crippen LogP contribution in [0.15, 0.2) is 42.5 Å². The number of carbonyl (C=O) groups excluding carboxylic acids is 2. The second kappa shape index (κ2) is 7.15. The molecule has 7 heteroatoms. The van der Waals surface area contributed by atoms with E-state index in [1.54, 1.807) is 36.4 Å². The molecule has 0 saturated heterocycles. The van der Waals surface area contributed by atoms with Gasteiger partial charge < -0.3 is 4.74 Å². The van der Waals surface area contributed by atoms with Gasteiger partial charge in [0.1, 0.15) is 5.75 Å². The van der Waals surface area contributed by atoms with E-state index in [9.17, 15) is 9.59 Å². The average molecular weight is 339 g/mol. The summed E-state index contributed by atoms with van der Waals surface area (Å²) in [4.78, 5) is 24.1. The molecule has 0 aliphatic carbocycles. The Morgan fingerprint density at radius 2 is 1.59 bits per heavy atom. The second-order valence-corrected chi connectivity index (χ2v) is 5.08. The van der Waals surface area contributed by atoms with Crippen molar-refractivity contribution in [1.29, 1.82) is 0 Å². The van der Waals surface area contributed by atoms with Crippen molar-refractivity contribution in [1.82, 2.24) is 10.9 Å². The zero-order valence-corrected chi connectivity index (χ0v) is 13.0. The van der Waals surface area contributed by atoms with E-state index in [2.05, 4.69) is 10.9 Å². The summed E-state index contributed by atoms with van der Waals surface area (Å²) in [6.07, 6.45) is 0. The minimum Gasteiger partial charge on any atom is -0.496 e. The Balaban J connectivity index is 2.09. The molecule has 2 aromatic carbocycles. The fraction of sp³-hybridized carbons (Fsp3) is 0.0667. The van der Waals surface area contributed by atoms with Crippen molar-refractivity contribution >= 4 is 35.0 Å². The SMILES string of the molecule is COc1ccc(Cl)cc1C(=O)NNC(=O)c1ccccc1Cl. The highest BCUT2D eigenvalue weighted by molar-refractivity contribution is 6.33. The van der Waals surface area contributed by atoms with Crippen molar-refractivity contribution < 1.29 is 14.3 Å². The number of ether oxygens (including phenoxy) is 1. The van der Waals surface area contributed by atoms with E-state index >= 15 is 0 Å². The van der Waals surface area contributed by atoms with Gasteiger partial charge in [-0.2, -0.15) is 0 Å². The van der Waals surface area contributed by atoms with Crippen LogP contribution in [0.25, 0.3) is 0 Å². The van der Waals surface area contributed by atoms with Gasteiger partial charge in [0.25, 0.3) is 11.8 Å². The van der Waals surface area contributed by atoms with Crippen molar-refractivity contribution in [2.45, 2.75) is 0 Å². The Hall–Kier alpha value is -2.24. The molecule has 0 heterocycles. The van der Waals surface area contributed by atoms with Gasteiger partial charge in [0.05, 0.1) is 23.3 Å². The van der Waals surface area contributed by atoms with Crippen molar-refractivity contribution in [2.24, 2.45) is 0 Å². The second-order valence-electron chi connectivity index (χ2n) is 4.23. The number of amides is 2. The lowest BCUT2D eigenvalue weighted by atomic mass is 10.2. The lowest BCUT2D eigenvalue weighted by Crippen LogP contribution is -2.41. The van der Waals surface area contributed by atoms with Gasteiger partial charge >= 0.3 is 0 Å². The molecule has 2 aromatic rings. The molecule has 0 atom stereocenters. The van der Waals surface area contributed by atoms with E-state index in [1.165, 1.54) is 13.2 Å². The van der Waals surface area contributed by atoms with E-state index in [0.717, 1.165) is 0 Å². The molecule has 22 heavy (non-hydrogen) atoms. The molecule has 0 spiro atoms. The zero-order valence-electron chi connectivity index (χ0n) is 11.5. The molecule has 0 unspecified atom stereocenters. The van der Waals surface area contributed by atoms with Crippen molar-refractivity contribution in [2.75, 3.05) is 7.11 Å². The largest absolute Gasteiger partial charge is 0.496 e. The molecule has 0 fully saturated rings. The molecule has 0 aromatic heterocycles. The summed E-state index contributed by atoms with van der Waals surface area (Å²) < 4.78 is 5.08. The van der Waals surface area contributed by atoms with Crippen LogP contribution in [0.4, 0.5) is 0 Å². The van der Waals surface area contributed by atoms with Gasteiger partial charge in [0.2, 0.25) is 0 Å². The number of rotatable bonds is 3. The van der Waals surface area contributed by atoms with E-state index in [1.807, 2.05) is 0 Å². The van der Waals surface area contributed by atoms with Crippen molar-refractivity contribution in [3.05, 3.63) is 63.6 Å². The van der Waals surface area contributed by atoms with Crippen LogP contribution >= 0.6 is 23.2 Å². The maximum Gasteiger partial charge on any atom is 0.273 e. The number of benzene rings is 2. The van der Waals surface area contributed by atoms with Gasteiger partial charge in [-0.1, -0.05) is 35.3 Å². The minimum atomic E-state index is -0.556. The zero-order chi connectivity index (χ0) is 16.1. The molecule has 5 nitrogen and oxygen atoms in total. The summed E-state index contributed by atoms with van der Waals surface area (Å²) in [6, 6.07) is 11.1. The molecular weight excluding hydrogens is 327 g/mol. The number of hydrazine groups is 1. The predicted molar refractivity (Wildman–Crippen MR) is 84.4 cm³/mol. The summed E-state index contributed by atoms with van der Waals surface area (Å²) in [5, 5.41) is 0.665. The molecule has 114 valence electrons. The molecule has 0 aliphatic rings. The first-order valence-electron chi connectivity index (χ1n) is 6.21. The molecular formula is C15H12Cl2N2O3. The lowest BCUT2D eigenvalue weighted by molar-refractivity contribution is 0.0845. The molecule has 0 radical (unpaired) electrons. The molecule has 0 aliphatic heterocycles. The van der Waals surface area contributed by atoms with Crippen LogP contribution in [0.5, 0.6) is 5.75 Å². The fourth-order valence-corrected chi connectivity index (χ4v) is 2.14. The van der Waals surface area contributed by atoms with Crippen molar-refractivity contribution in [3.63, 3.8) is 0 Å². The molecule has 2 rings (SSSR count). The summed E-state index contributed by atoms with van der Waals surface area (Å²) in [7, 11) is 1.43. The third-order valence-electron chi connectivity index (χ3n) is 2.81. The first kappa shape index (κ1) is 16.1. The van der Waals surface area contributed by atoms with Crippen LogP contribution in [0.1, 0.15) is 20.7 Å².